The van der Waals surface area contributed by atoms with Gasteiger partial charge in [-0.05, 0) is 41.8 Å². The highest BCUT2D eigenvalue weighted by atomic mass is 32.2. The van der Waals surface area contributed by atoms with Crippen LogP contribution in [-0.4, -0.2) is 50.1 Å². The Labute approximate surface area is 205 Å². The molecule has 9 heteroatoms. The number of amides is 1. The van der Waals surface area contributed by atoms with Gasteiger partial charge in [0.2, 0.25) is 15.9 Å². The number of carbonyl (C=O) groups is 1. The molecule has 0 radical (unpaired) electrons. The Bertz CT molecular complexity index is 1300. The van der Waals surface area contributed by atoms with E-state index in [-0.39, 0.29) is 24.3 Å². The van der Waals surface area contributed by atoms with Gasteiger partial charge in [-0.2, -0.15) is 4.31 Å². The van der Waals surface area contributed by atoms with Crippen molar-refractivity contribution in [1.29, 1.82) is 0 Å². The number of rotatable bonds is 9. The van der Waals surface area contributed by atoms with Crippen LogP contribution < -0.4 is 11.1 Å². The molecule has 1 aliphatic rings. The molecular weight excluding hydrogens is 464 g/mol. The second-order valence-corrected chi connectivity index (χ2v) is 10.2. The molecule has 1 saturated heterocycles. The minimum Gasteiger partial charge on any atom is -0.399 e. The van der Waals surface area contributed by atoms with Gasteiger partial charge >= 0.3 is 0 Å². The summed E-state index contributed by atoms with van der Waals surface area (Å²) >= 11 is 0. The van der Waals surface area contributed by atoms with E-state index < -0.39 is 21.5 Å². The number of oxime groups is 1. The molecule has 0 aliphatic carbocycles. The van der Waals surface area contributed by atoms with Crippen LogP contribution in [-0.2, 0) is 19.7 Å². The number of nitrogens with one attached hydrogen (secondary N) is 1. The van der Waals surface area contributed by atoms with Gasteiger partial charge in [0.15, 0.2) is 0 Å². The molecule has 3 aromatic rings. The molecule has 8 nitrogen and oxygen atoms in total. The predicted octanol–water partition coefficient (Wildman–Crippen LogP) is 3.48. The summed E-state index contributed by atoms with van der Waals surface area (Å²) in [5, 5.41) is 7.20. The fourth-order valence-electron chi connectivity index (χ4n) is 4.40. The molecule has 4 rings (SSSR count). The lowest BCUT2D eigenvalue weighted by Crippen LogP contribution is -2.56. The largest absolute Gasteiger partial charge is 0.399 e. The van der Waals surface area contributed by atoms with E-state index in [2.05, 4.69) is 10.5 Å². The second kappa shape index (κ2) is 10.3. The lowest BCUT2D eigenvalue weighted by molar-refractivity contribution is -0.126. The van der Waals surface area contributed by atoms with E-state index in [0.29, 0.717) is 12.3 Å². The molecule has 3 aromatic carbocycles. The Morgan fingerprint density at radius 1 is 1.00 bits per heavy atom. The van der Waals surface area contributed by atoms with Crippen LogP contribution in [0.1, 0.15) is 12.8 Å². The smallest absolute Gasteiger partial charge is 0.244 e. The zero-order valence-corrected chi connectivity index (χ0v) is 20.2. The van der Waals surface area contributed by atoms with Crippen molar-refractivity contribution >= 4 is 27.3 Å². The van der Waals surface area contributed by atoms with E-state index in [4.69, 9.17) is 10.6 Å². The number of benzene rings is 3. The Kier molecular flexibility index (Phi) is 7.18. The number of anilines is 1. The van der Waals surface area contributed by atoms with Gasteiger partial charge in [0.05, 0.1) is 17.2 Å². The molecule has 35 heavy (non-hydrogen) atoms. The summed E-state index contributed by atoms with van der Waals surface area (Å²) in [6.07, 6.45) is 0.231. The molecule has 0 aromatic heterocycles. The van der Waals surface area contributed by atoms with Crippen molar-refractivity contribution in [1.82, 2.24) is 4.31 Å². The van der Waals surface area contributed by atoms with E-state index in [9.17, 15) is 13.2 Å². The average Bonchev–Trinajstić information content (AvgIpc) is 3.26. The van der Waals surface area contributed by atoms with Crippen molar-refractivity contribution in [2.75, 3.05) is 25.5 Å². The van der Waals surface area contributed by atoms with Gasteiger partial charge in [0.25, 0.3) is 0 Å². The number of nitrogens with two attached hydrogens (primary N) is 1. The van der Waals surface area contributed by atoms with Gasteiger partial charge in [-0.15, -0.1) is 0 Å². The number of hydrogen-bond acceptors (Lipinski definition) is 6. The molecule has 3 N–H and O–H groups in total. The van der Waals surface area contributed by atoms with Crippen molar-refractivity contribution < 1.29 is 18.0 Å². The number of hydrogen-bond donors (Lipinski definition) is 2. The van der Waals surface area contributed by atoms with Crippen molar-refractivity contribution in [3.05, 3.63) is 84.9 Å². The maximum atomic E-state index is 13.8. The third kappa shape index (κ3) is 5.06. The summed E-state index contributed by atoms with van der Waals surface area (Å²) in [7, 11) is -2.68. The molecule has 1 unspecified atom stereocenters. The van der Waals surface area contributed by atoms with Crippen LogP contribution in [0.3, 0.4) is 0 Å². The Morgan fingerprint density at radius 3 is 2.20 bits per heavy atom. The molecule has 1 amide bonds. The first kappa shape index (κ1) is 24.4. The standard InChI is InChI=1S/C26H28N4O4S/c1-34-29-23-18-26(25(27)31,16-17-28-22-10-6-3-7-11-22)30(19-23)35(32,33)24-14-12-21(13-15-24)20-8-4-2-5-9-20/h2-15,28H,16-19H2,1H3,(H2,27,31). The van der Waals surface area contributed by atoms with Crippen LogP contribution in [0, 0.1) is 0 Å². The minimum atomic E-state index is -4.07. The van der Waals surface area contributed by atoms with Crippen LogP contribution in [0.5, 0.6) is 0 Å². The fourth-order valence-corrected chi connectivity index (χ4v) is 6.16. The Morgan fingerprint density at radius 2 is 1.60 bits per heavy atom. The fraction of sp³-hybridized carbons (Fsp3) is 0.231. The van der Waals surface area contributed by atoms with Gasteiger partial charge in [-0.1, -0.05) is 65.8 Å². The van der Waals surface area contributed by atoms with Crippen LogP contribution in [0.4, 0.5) is 5.69 Å². The molecule has 182 valence electrons. The summed E-state index contributed by atoms with van der Waals surface area (Å²) < 4.78 is 28.7. The Balaban J connectivity index is 1.65. The summed E-state index contributed by atoms with van der Waals surface area (Å²) in [6.45, 7) is 0.261. The van der Waals surface area contributed by atoms with E-state index in [1.54, 1.807) is 24.3 Å². The zero-order chi connectivity index (χ0) is 24.9. The van der Waals surface area contributed by atoms with Crippen LogP contribution in [0.2, 0.25) is 0 Å². The molecular formula is C26H28N4O4S. The van der Waals surface area contributed by atoms with Crippen LogP contribution in [0.25, 0.3) is 11.1 Å². The first-order chi connectivity index (χ1) is 16.9. The predicted molar refractivity (Wildman–Crippen MR) is 136 cm³/mol. The van der Waals surface area contributed by atoms with E-state index in [0.717, 1.165) is 16.8 Å². The maximum Gasteiger partial charge on any atom is 0.244 e. The molecule has 0 spiro atoms. The lowest BCUT2D eigenvalue weighted by atomic mass is 9.92. The third-order valence-corrected chi connectivity index (χ3v) is 8.10. The van der Waals surface area contributed by atoms with E-state index in [1.165, 1.54) is 11.4 Å². The number of carbonyl (C=O) groups excluding carboxylic acids is 1. The first-order valence-corrected chi connectivity index (χ1v) is 12.7. The van der Waals surface area contributed by atoms with Crippen molar-refractivity contribution in [3.63, 3.8) is 0 Å². The zero-order valence-electron chi connectivity index (χ0n) is 19.4. The highest BCUT2D eigenvalue weighted by Crippen LogP contribution is 2.37. The maximum absolute atomic E-state index is 13.8. The lowest BCUT2D eigenvalue weighted by Gasteiger charge is -2.34. The Hall–Kier alpha value is -3.69. The number of primary amides is 1. The first-order valence-electron chi connectivity index (χ1n) is 11.2. The molecule has 1 aliphatic heterocycles. The topological polar surface area (TPSA) is 114 Å². The molecule has 1 heterocycles. The van der Waals surface area contributed by atoms with Crippen LogP contribution >= 0.6 is 0 Å². The van der Waals surface area contributed by atoms with E-state index >= 15 is 0 Å². The summed E-state index contributed by atoms with van der Waals surface area (Å²) in [4.78, 5) is 17.8. The quantitative estimate of drug-likeness (QED) is 0.444. The molecule has 1 atom stereocenters. The SMILES string of the molecule is CON=C1CN(S(=O)(=O)c2ccc(-c3ccccc3)cc2)C(CCNc2ccccc2)(C(N)=O)C1. The van der Waals surface area contributed by atoms with Crippen molar-refractivity contribution in [2.24, 2.45) is 10.9 Å². The van der Waals surface area contributed by atoms with E-state index in [1.807, 2.05) is 60.7 Å². The highest BCUT2D eigenvalue weighted by molar-refractivity contribution is 7.89. The average molecular weight is 493 g/mol. The molecule has 1 fully saturated rings. The minimum absolute atomic E-state index is 0.0635. The summed E-state index contributed by atoms with van der Waals surface area (Å²) in [5.41, 5.74) is 7.56. The molecule has 0 bridgehead atoms. The monoisotopic (exact) mass is 492 g/mol. The normalized spacial score (nSPS) is 19.5. The van der Waals surface area contributed by atoms with Crippen molar-refractivity contribution in [2.45, 2.75) is 23.3 Å². The molecule has 0 saturated carbocycles. The highest BCUT2D eigenvalue weighted by Gasteiger charge is 2.54. The van der Waals surface area contributed by atoms with Crippen LogP contribution in [0.15, 0.2) is 95.0 Å². The number of nitrogens with zero attached hydrogens (tertiary/aromatic N) is 2. The van der Waals surface area contributed by atoms with Gasteiger partial charge in [0.1, 0.15) is 12.6 Å². The number of para-hydroxylation sites is 1. The van der Waals surface area contributed by atoms with Gasteiger partial charge in [-0.3, -0.25) is 4.79 Å². The van der Waals surface area contributed by atoms with Gasteiger partial charge in [-0.25, -0.2) is 8.42 Å². The summed E-state index contributed by atoms with van der Waals surface area (Å²) in [5.74, 6) is -0.724. The van der Waals surface area contributed by atoms with Gasteiger partial charge < -0.3 is 15.9 Å². The van der Waals surface area contributed by atoms with Gasteiger partial charge in [0, 0.05) is 18.7 Å². The van der Waals surface area contributed by atoms with Crippen molar-refractivity contribution in [3.8, 4) is 11.1 Å². The number of sulfonamides is 1. The second-order valence-electron chi connectivity index (χ2n) is 8.36. The third-order valence-electron chi connectivity index (χ3n) is 6.17. The summed E-state index contributed by atoms with van der Waals surface area (Å²) in [6, 6.07) is 25.8.